The first-order valence-corrected chi connectivity index (χ1v) is 24.9. The Kier molecular flexibility index (Phi) is 33.1. The van der Waals surface area contributed by atoms with Crippen molar-refractivity contribution in [2.24, 2.45) is 11.8 Å². The third-order valence-corrected chi connectivity index (χ3v) is 11.3. The van der Waals surface area contributed by atoms with Gasteiger partial charge in [0.25, 0.3) is 0 Å². The first-order valence-electron chi connectivity index (χ1n) is 23.4. The molecule has 1 aliphatic rings. The summed E-state index contributed by atoms with van der Waals surface area (Å²) < 4.78 is 34.2. The lowest BCUT2D eigenvalue weighted by Crippen LogP contribution is -2.37. The zero-order valence-electron chi connectivity index (χ0n) is 39.2. The Morgan fingerprint density at radius 2 is 1.37 bits per heavy atom. The molecule has 1 rings (SSSR count). The number of unbranched alkanes of at least 4 members (excludes halogenated alkanes) is 6. The van der Waals surface area contributed by atoms with Crippen molar-refractivity contribution in [3.8, 4) is 0 Å². The van der Waals surface area contributed by atoms with E-state index < -0.39 is 44.7 Å². The number of esters is 2. The van der Waals surface area contributed by atoms with Gasteiger partial charge in [-0.15, -0.1) is 0 Å². The molecule has 63 heavy (non-hydrogen) atoms. The van der Waals surface area contributed by atoms with Gasteiger partial charge >= 0.3 is 19.8 Å². The monoisotopic (exact) mass is 905 g/mol. The van der Waals surface area contributed by atoms with Crippen LogP contribution in [0.2, 0.25) is 0 Å². The van der Waals surface area contributed by atoms with Gasteiger partial charge in [-0.25, -0.2) is 4.57 Å². The molecule has 358 valence electrons. The maximum Gasteiger partial charge on any atom is 0.472 e. The van der Waals surface area contributed by atoms with Gasteiger partial charge in [0.1, 0.15) is 25.5 Å². The first-order chi connectivity index (χ1) is 30.2. The summed E-state index contributed by atoms with van der Waals surface area (Å²) in [5.74, 6) is -1.79. The Morgan fingerprint density at radius 1 is 0.762 bits per heavy atom. The number of ether oxygens (including phenoxy) is 2. The fraction of sp³-hybridized carbons (Fsp3) is 0.660. The van der Waals surface area contributed by atoms with Crippen molar-refractivity contribution in [3.05, 3.63) is 85.1 Å². The van der Waals surface area contributed by atoms with Crippen LogP contribution in [0.25, 0.3) is 0 Å². The number of phosphoric acid groups is 1. The topological polar surface area (TPSA) is 166 Å². The minimum atomic E-state index is -4.47. The quantitative estimate of drug-likeness (QED) is 0.0179. The molecular formula is C50H83NO11P+. The molecule has 0 heterocycles. The molecule has 0 aromatic rings. The maximum atomic E-state index is 12.8. The average Bonchev–Trinajstić information content (AvgIpc) is 3.50. The molecule has 1 unspecified atom stereocenters. The second-order valence-electron chi connectivity index (χ2n) is 17.2. The molecule has 0 saturated heterocycles. The third-order valence-electron chi connectivity index (χ3n) is 10.3. The molecule has 0 bridgehead atoms. The van der Waals surface area contributed by atoms with Crippen LogP contribution in [0.15, 0.2) is 85.1 Å². The SMILES string of the molecule is CC/C=C\C/C=C\C/C=C\C/C=C\C/C=C\CCCCCC(=O)OC[C@H](COP(=O)(O)OCC[N+](C)(C)C)OC(=O)CCC/C=C\C[C@H]1C(=O)C[C@@H](O)[C@@H]1/C=C/[C@@H](O)CCCCC. The molecule has 3 N–H and O–H groups in total. The van der Waals surface area contributed by atoms with Crippen molar-refractivity contribution in [3.63, 3.8) is 0 Å². The number of quaternary nitrogens is 1. The van der Waals surface area contributed by atoms with Crippen LogP contribution in [0, 0.1) is 11.8 Å². The zero-order chi connectivity index (χ0) is 46.6. The number of allylic oxidation sites excluding steroid dienone is 12. The van der Waals surface area contributed by atoms with Gasteiger partial charge in [0, 0.05) is 31.1 Å². The van der Waals surface area contributed by atoms with Gasteiger partial charge in [0.05, 0.1) is 40.0 Å². The predicted molar refractivity (Wildman–Crippen MR) is 253 cm³/mol. The fourth-order valence-corrected chi connectivity index (χ4v) is 7.29. The van der Waals surface area contributed by atoms with Gasteiger partial charge in [0.2, 0.25) is 0 Å². The minimum Gasteiger partial charge on any atom is -0.462 e. The van der Waals surface area contributed by atoms with Crippen molar-refractivity contribution in [2.45, 2.75) is 154 Å². The first kappa shape index (κ1) is 57.8. The molecule has 0 spiro atoms. The Hall–Kier alpha value is -3.22. The molecular weight excluding hydrogens is 822 g/mol. The summed E-state index contributed by atoms with van der Waals surface area (Å²) in [5, 5.41) is 20.7. The number of Topliss-reactive ketones (excluding diaryl/α,β-unsaturated/α-hetero) is 1. The molecule has 0 radical (unpaired) electrons. The number of likely N-dealkylation sites (N-methyl/N-ethyl adjacent to an activating group) is 1. The molecule has 0 aromatic heterocycles. The molecule has 0 amide bonds. The van der Waals surface area contributed by atoms with Crippen molar-refractivity contribution in [1.82, 2.24) is 0 Å². The second-order valence-corrected chi connectivity index (χ2v) is 18.6. The maximum absolute atomic E-state index is 12.8. The highest BCUT2D eigenvalue weighted by Gasteiger charge is 2.39. The number of aliphatic hydroxyl groups is 2. The molecule has 1 aliphatic carbocycles. The standard InChI is InChI=1S/C50H82NO11P/c1-6-8-10-11-12-13-14-15-16-17-18-19-20-21-22-23-24-25-30-34-49(55)59-41-44(42-61-63(57,58)60-39-38-51(3,4)5)62-50(56)35-31-27-26-29-33-45-46(48(54)40-47(45)53)37-36-43(52)32-28-9-7-2/h8,10,12-13,15-16,18-19,21-22,26,29,36-37,43-46,48,52,54H,6-7,9,11,14,17,20,23-25,27-28,30-35,38-42H2,1-5H3/p+1/b10-8-,13-12-,16-15-,19-18-,22-21-,29-26-,37-36+/t43-,44+,45+,46+,48+/m0/s1. The Balaban J connectivity index is 2.51. The van der Waals surface area contributed by atoms with E-state index in [0.717, 1.165) is 70.6 Å². The van der Waals surface area contributed by atoms with Gasteiger partial charge in [-0.05, 0) is 77.0 Å². The summed E-state index contributed by atoms with van der Waals surface area (Å²) in [5.41, 5.74) is 0. The smallest absolute Gasteiger partial charge is 0.462 e. The van der Waals surface area contributed by atoms with Gasteiger partial charge in [-0.1, -0.05) is 125 Å². The Morgan fingerprint density at radius 3 is 2.00 bits per heavy atom. The normalized spacial score (nSPS) is 19.6. The highest BCUT2D eigenvalue weighted by molar-refractivity contribution is 7.47. The van der Waals surface area contributed by atoms with Crippen molar-refractivity contribution < 1.29 is 57.1 Å². The predicted octanol–water partition coefficient (Wildman–Crippen LogP) is 10.2. The number of nitrogens with zero attached hydrogens (tertiary/aromatic N) is 1. The summed E-state index contributed by atoms with van der Waals surface area (Å²) >= 11 is 0. The van der Waals surface area contributed by atoms with E-state index in [9.17, 15) is 34.1 Å². The Bertz CT molecular complexity index is 1510. The lowest BCUT2D eigenvalue weighted by Gasteiger charge is -2.24. The van der Waals surface area contributed by atoms with E-state index in [-0.39, 0.29) is 50.1 Å². The van der Waals surface area contributed by atoms with Crippen LogP contribution in [-0.4, -0.2) is 103 Å². The van der Waals surface area contributed by atoms with Crippen LogP contribution >= 0.6 is 7.82 Å². The number of hydrogen-bond acceptors (Lipinski definition) is 10. The Labute approximate surface area is 380 Å². The number of hydrogen-bond donors (Lipinski definition) is 3. The molecule has 13 heteroatoms. The van der Waals surface area contributed by atoms with E-state index in [4.69, 9.17) is 18.5 Å². The fourth-order valence-electron chi connectivity index (χ4n) is 6.55. The molecule has 1 fully saturated rings. The van der Waals surface area contributed by atoms with E-state index in [1.807, 2.05) is 33.3 Å². The number of carbonyl (C=O) groups is 3. The van der Waals surface area contributed by atoms with Crippen LogP contribution in [0.5, 0.6) is 0 Å². The van der Waals surface area contributed by atoms with E-state index in [1.165, 1.54) is 0 Å². The van der Waals surface area contributed by atoms with E-state index in [1.54, 1.807) is 12.2 Å². The summed E-state index contributed by atoms with van der Waals surface area (Å²) in [4.78, 5) is 48.2. The minimum absolute atomic E-state index is 0.0109. The molecule has 1 saturated carbocycles. The van der Waals surface area contributed by atoms with Gasteiger partial charge in [-0.2, -0.15) is 0 Å². The molecule has 12 nitrogen and oxygen atoms in total. The molecule has 0 aromatic carbocycles. The largest absolute Gasteiger partial charge is 0.472 e. The van der Waals surface area contributed by atoms with Crippen LogP contribution in [0.1, 0.15) is 136 Å². The summed E-state index contributed by atoms with van der Waals surface area (Å²) in [6, 6.07) is 0. The van der Waals surface area contributed by atoms with Crippen molar-refractivity contribution in [2.75, 3.05) is 47.5 Å². The lowest BCUT2D eigenvalue weighted by molar-refractivity contribution is -0.870. The van der Waals surface area contributed by atoms with Crippen molar-refractivity contribution >= 4 is 25.5 Å². The second kappa shape index (κ2) is 36.1. The average molecular weight is 905 g/mol. The summed E-state index contributed by atoms with van der Waals surface area (Å²) in [6.07, 6.45) is 40.0. The number of ketones is 1. The van der Waals surface area contributed by atoms with Gasteiger partial charge < -0.3 is 29.1 Å². The zero-order valence-corrected chi connectivity index (χ0v) is 40.1. The molecule has 6 atom stereocenters. The molecule has 0 aliphatic heterocycles. The van der Waals surface area contributed by atoms with E-state index in [0.29, 0.717) is 43.1 Å². The highest BCUT2D eigenvalue weighted by atomic mass is 31.2. The van der Waals surface area contributed by atoms with E-state index in [2.05, 4.69) is 74.6 Å². The summed E-state index contributed by atoms with van der Waals surface area (Å²) in [6.45, 7) is 3.83. The van der Waals surface area contributed by atoms with Crippen LogP contribution in [-0.2, 0) is 37.5 Å². The van der Waals surface area contributed by atoms with Crippen LogP contribution < -0.4 is 0 Å². The van der Waals surface area contributed by atoms with E-state index >= 15 is 0 Å². The number of rotatable bonds is 37. The van der Waals surface area contributed by atoms with Crippen molar-refractivity contribution in [1.29, 1.82) is 0 Å². The number of aliphatic hydroxyl groups excluding tert-OH is 2. The summed E-state index contributed by atoms with van der Waals surface area (Å²) in [7, 11) is 1.28. The lowest BCUT2D eigenvalue weighted by atomic mass is 9.90. The van der Waals surface area contributed by atoms with Crippen LogP contribution in [0.3, 0.4) is 0 Å². The van der Waals surface area contributed by atoms with Crippen LogP contribution in [0.4, 0.5) is 0 Å². The number of carbonyl (C=O) groups excluding carboxylic acids is 3. The van der Waals surface area contributed by atoms with Gasteiger partial charge in [0.15, 0.2) is 6.10 Å². The third kappa shape index (κ3) is 33.0. The number of phosphoric ester groups is 1. The highest BCUT2D eigenvalue weighted by Crippen LogP contribution is 2.43. The van der Waals surface area contributed by atoms with Gasteiger partial charge in [-0.3, -0.25) is 23.4 Å².